The third kappa shape index (κ3) is 3.48. The van der Waals surface area contributed by atoms with Gasteiger partial charge in [-0.3, -0.25) is 0 Å². The average molecular weight is 281 g/mol. The zero-order valence-corrected chi connectivity index (χ0v) is 13.3. The van der Waals surface area contributed by atoms with E-state index in [9.17, 15) is 0 Å². The topological polar surface area (TPSA) is 42.2 Å². The van der Waals surface area contributed by atoms with E-state index in [1.807, 2.05) is 0 Å². The Morgan fingerprint density at radius 1 is 1.37 bits per heavy atom. The summed E-state index contributed by atoms with van der Waals surface area (Å²) in [5.74, 6) is 1.40. The molecule has 1 aromatic rings. The van der Waals surface area contributed by atoms with Crippen LogP contribution in [0, 0.1) is 5.92 Å². The van der Waals surface area contributed by atoms with Gasteiger partial charge < -0.3 is 10.6 Å². The van der Waals surface area contributed by atoms with Crippen molar-refractivity contribution in [3.05, 3.63) is 10.6 Å². The lowest BCUT2D eigenvalue weighted by Gasteiger charge is -2.31. The minimum Gasteiger partial charge on any atom is -0.348 e. The standard InChI is InChI=1S/C15H27N3S/c1-4-5-12-6-8-18(9-7-12)15-17-14(11(2)3)13(10-16)19-15/h11-12H,4-10,16H2,1-3H3. The average Bonchev–Trinajstić information content (AvgIpc) is 2.84. The molecule has 3 nitrogen and oxygen atoms in total. The summed E-state index contributed by atoms with van der Waals surface area (Å²) in [6, 6.07) is 0. The lowest BCUT2D eigenvalue weighted by molar-refractivity contribution is 0.378. The lowest BCUT2D eigenvalue weighted by atomic mass is 9.93. The van der Waals surface area contributed by atoms with Gasteiger partial charge in [-0.1, -0.05) is 33.6 Å². The highest BCUT2D eigenvalue weighted by molar-refractivity contribution is 7.15. The third-order valence-corrected chi connectivity index (χ3v) is 5.18. The van der Waals surface area contributed by atoms with Crippen LogP contribution in [0.2, 0.25) is 0 Å². The molecule has 1 aliphatic rings. The van der Waals surface area contributed by atoms with Crippen LogP contribution in [0.4, 0.5) is 5.13 Å². The summed E-state index contributed by atoms with van der Waals surface area (Å²) in [6.45, 7) is 9.64. The second-order valence-corrected chi connectivity index (χ2v) is 6.94. The van der Waals surface area contributed by atoms with Crippen molar-refractivity contribution in [3.8, 4) is 0 Å². The molecular formula is C15H27N3S. The molecule has 1 aromatic heterocycles. The second kappa shape index (κ2) is 6.71. The van der Waals surface area contributed by atoms with Crippen LogP contribution in [-0.4, -0.2) is 18.1 Å². The third-order valence-electron chi connectivity index (χ3n) is 4.03. The minimum absolute atomic E-state index is 0.473. The van der Waals surface area contributed by atoms with Gasteiger partial charge in [0.2, 0.25) is 0 Å². The van der Waals surface area contributed by atoms with E-state index in [-0.39, 0.29) is 0 Å². The first-order chi connectivity index (χ1) is 9.15. The van der Waals surface area contributed by atoms with Crippen LogP contribution in [0.1, 0.15) is 62.9 Å². The van der Waals surface area contributed by atoms with Crippen LogP contribution in [0.5, 0.6) is 0 Å². The van der Waals surface area contributed by atoms with E-state index in [0.717, 1.165) is 5.92 Å². The number of hydrogen-bond donors (Lipinski definition) is 1. The number of thiazole rings is 1. The number of anilines is 1. The predicted molar refractivity (Wildman–Crippen MR) is 83.9 cm³/mol. The molecule has 0 radical (unpaired) electrons. The van der Waals surface area contributed by atoms with Crippen molar-refractivity contribution < 1.29 is 0 Å². The molecule has 0 aliphatic carbocycles. The molecule has 0 atom stereocenters. The van der Waals surface area contributed by atoms with Crippen molar-refractivity contribution in [2.45, 2.75) is 58.9 Å². The van der Waals surface area contributed by atoms with E-state index >= 15 is 0 Å². The molecule has 2 rings (SSSR count). The van der Waals surface area contributed by atoms with Crippen molar-refractivity contribution in [3.63, 3.8) is 0 Å². The maximum absolute atomic E-state index is 5.84. The monoisotopic (exact) mass is 281 g/mol. The molecule has 0 spiro atoms. The smallest absolute Gasteiger partial charge is 0.185 e. The van der Waals surface area contributed by atoms with Gasteiger partial charge in [-0.15, -0.1) is 11.3 Å². The summed E-state index contributed by atoms with van der Waals surface area (Å²) in [5.41, 5.74) is 7.05. The Morgan fingerprint density at radius 3 is 2.53 bits per heavy atom. The Kier molecular flexibility index (Phi) is 5.22. The Bertz CT molecular complexity index is 392. The van der Waals surface area contributed by atoms with Gasteiger partial charge in [-0.2, -0.15) is 0 Å². The number of rotatable bonds is 5. The summed E-state index contributed by atoms with van der Waals surface area (Å²) in [7, 11) is 0. The first-order valence-electron chi connectivity index (χ1n) is 7.60. The van der Waals surface area contributed by atoms with Crippen molar-refractivity contribution in [2.75, 3.05) is 18.0 Å². The summed E-state index contributed by atoms with van der Waals surface area (Å²) in [5, 5.41) is 1.19. The van der Waals surface area contributed by atoms with Gasteiger partial charge >= 0.3 is 0 Å². The minimum atomic E-state index is 0.473. The molecule has 1 saturated heterocycles. The summed E-state index contributed by atoms with van der Waals surface area (Å²) < 4.78 is 0. The summed E-state index contributed by atoms with van der Waals surface area (Å²) in [4.78, 5) is 8.56. The van der Waals surface area contributed by atoms with Crippen LogP contribution in [-0.2, 0) is 6.54 Å². The zero-order valence-electron chi connectivity index (χ0n) is 12.5. The number of nitrogens with two attached hydrogens (primary N) is 1. The quantitative estimate of drug-likeness (QED) is 0.894. The van der Waals surface area contributed by atoms with Crippen LogP contribution >= 0.6 is 11.3 Å². The largest absolute Gasteiger partial charge is 0.348 e. The van der Waals surface area contributed by atoms with Crippen molar-refractivity contribution in [2.24, 2.45) is 11.7 Å². The lowest BCUT2D eigenvalue weighted by Crippen LogP contribution is -2.33. The van der Waals surface area contributed by atoms with E-state index in [2.05, 4.69) is 25.7 Å². The first kappa shape index (κ1) is 14.8. The number of nitrogens with zero attached hydrogens (tertiary/aromatic N) is 2. The molecule has 0 unspecified atom stereocenters. The van der Waals surface area contributed by atoms with Crippen LogP contribution in [0.3, 0.4) is 0 Å². The Labute approximate surface area is 121 Å². The van der Waals surface area contributed by atoms with E-state index in [1.165, 1.54) is 54.5 Å². The molecule has 0 saturated carbocycles. The maximum atomic E-state index is 5.84. The van der Waals surface area contributed by atoms with Gasteiger partial charge in [0.05, 0.1) is 5.69 Å². The van der Waals surface area contributed by atoms with Gasteiger partial charge in [-0.25, -0.2) is 4.98 Å². The molecular weight excluding hydrogens is 254 g/mol. The van der Waals surface area contributed by atoms with Crippen molar-refractivity contribution in [1.29, 1.82) is 0 Å². The van der Waals surface area contributed by atoms with E-state index in [1.54, 1.807) is 11.3 Å². The Hall–Kier alpha value is -0.610. The molecule has 0 aromatic carbocycles. The fraction of sp³-hybridized carbons (Fsp3) is 0.800. The molecule has 19 heavy (non-hydrogen) atoms. The number of piperidine rings is 1. The fourth-order valence-electron chi connectivity index (χ4n) is 2.90. The SMILES string of the molecule is CCCC1CCN(c2nc(C(C)C)c(CN)s2)CC1. The zero-order chi connectivity index (χ0) is 13.8. The molecule has 1 fully saturated rings. The molecule has 4 heteroatoms. The number of hydrogen-bond acceptors (Lipinski definition) is 4. The predicted octanol–water partition coefficient (Wildman–Crippen LogP) is 3.74. The summed E-state index contributed by atoms with van der Waals surface area (Å²) in [6.07, 6.45) is 5.35. The van der Waals surface area contributed by atoms with Crippen LogP contribution < -0.4 is 10.6 Å². The molecule has 0 bridgehead atoms. The molecule has 2 N–H and O–H groups in total. The normalized spacial score (nSPS) is 17.4. The van der Waals surface area contributed by atoms with E-state index < -0.39 is 0 Å². The van der Waals surface area contributed by atoms with Crippen LogP contribution in [0.15, 0.2) is 0 Å². The van der Waals surface area contributed by atoms with Crippen molar-refractivity contribution >= 4 is 16.5 Å². The van der Waals surface area contributed by atoms with Gasteiger partial charge in [0.15, 0.2) is 5.13 Å². The van der Waals surface area contributed by atoms with E-state index in [0.29, 0.717) is 12.5 Å². The Balaban J connectivity index is 2.03. The van der Waals surface area contributed by atoms with Gasteiger partial charge in [-0.05, 0) is 24.7 Å². The van der Waals surface area contributed by atoms with Gasteiger partial charge in [0.25, 0.3) is 0 Å². The number of aromatic nitrogens is 1. The first-order valence-corrected chi connectivity index (χ1v) is 8.42. The van der Waals surface area contributed by atoms with Crippen molar-refractivity contribution in [1.82, 2.24) is 4.98 Å². The van der Waals surface area contributed by atoms with Crippen LogP contribution in [0.25, 0.3) is 0 Å². The second-order valence-electron chi connectivity index (χ2n) is 5.88. The highest BCUT2D eigenvalue weighted by Gasteiger charge is 2.22. The highest BCUT2D eigenvalue weighted by Crippen LogP contribution is 2.33. The molecule has 1 aliphatic heterocycles. The summed E-state index contributed by atoms with van der Waals surface area (Å²) >= 11 is 1.80. The van der Waals surface area contributed by atoms with Gasteiger partial charge in [0.1, 0.15) is 0 Å². The maximum Gasteiger partial charge on any atom is 0.185 e. The molecule has 2 heterocycles. The Morgan fingerprint density at radius 2 is 2.05 bits per heavy atom. The van der Waals surface area contributed by atoms with Gasteiger partial charge in [0, 0.05) is 24.5 Å². The molecule has 0 amide bonds. The fourth-order valence-corrected chi connectivity index (χ4v) is 4.05. The highest BCUT2D eigenvalue weighted by atomic mass is 32.1. The van der Waals surface area contributed by atoms with E-state index in [4.69, 9.17) is 10.7 Å². The molecule has 108 valence electrons.